The van der Waals surface area contributed by atoms with Crippen molar-refractivity contribution in [2.24, 2.45) is 0 Å². The van der Waals surface area contributed by atoms with Crippen LogP contribution in [0.4, 0.5) is 18.9 Å². The first-order chi connectivity index (χ1) is 9.77. The Morgan fingerprint density at radius 3 is 2.24 bits per heavy atom. The van der Waals surface area contributed by atoms with E-state index in [-0.39, 0.29) is 17.2 Å². The maximum absolute atomic E-state index is 12.5. The highest BCUT2D eigenvalue weighted by molar-refractivity contribution is 5.51. The smallest absolute Gasteiger partial charge is 0.416 e. The number of phenols is 1. The summed E-state index contributed by atoms with van der Waals surface area (Å²) in [7, 11) is 0. The molecule has 0 fully saturated rings. The van der Waals surface area contributed by atoms with Gasteiger partial charge in [-0.2, -0.15) is 13.2 Å². The van der Waals surface area contributed by atoms with Crippen molar-refractivity contribution >= 4 is 5.69 Å². The summed E-state index contributed by atoms with van der Waals surface area (Å²) in [5.74, 6) is -0.210. The highest BCUT2D eigenvalue weighted by Crippen LogP contribution is 2.37. The second-order valence-corrected chi connectivity index (χ2v) is 4.03. The lowest BCUT2D eigenvalue weighted by atomic mass is 10.2. The molecule has 1 N–H and O–H groups in total. The molecule has 0 unspecified atom stereocenters. The van der Waals surface area contributed by atoms with Crippen molar-refractivity contribution in [2.75, 3.05) is 0 Å². The Bertz CT molecular complexity index is 668. The van der Waals surface area contributed by atoms with E-state index in [9.17, 15) is 23.3 Å². The van der Waals surface area contributed by atoms with Crippen LogP contribution in [0.25, 0.3) is 0 Å². The molecule has 2 aromatic rings. The normalized spacial score (nSPS) is 11.2. The summed E-state index contributed by atoms with van der Waals surface area (Å²) in [4.78, 5) is 9.91. The summed E-state index contributed by atoms with van der Waals surface area (Å²) in [5.41, 5.74) is -1.93. The van der Waals surface area contributed by atoms with Crippen molar-refractivity contribution in [1.29, 1.82) is 0 Å². The number of alkyl halides is 3. The quantitative estimate of drug-likeness (QED) is 0.683. The van der Waals surface area contributed by atoms with Crippen LogP contribution in [0, 0.1) is 10.1 Å². The summed E-state index contributed by atoms with van der Waals surface area (Å²) in [6.07, 6.45) is -4.68. The van der Waals surface area contributed by atoms with Gasteiger partial charge >= 0.3 is 11.9 Å². The molecule has 21 heavy (non-hydrogen) atoms. The molecule has 2 aromatic carbocycles. The molecule has 0 atom stereocenters. The van der Waals surface area contributed by atoms with Crippen LogP contribution in [0.5, 0.6) is 17.2 Å². The van der Waals surface area contributed by atoms with Crippen molar-refractivity contribution in [1.82, 2.24) is 0 Å². The Kier molecular flexibility index (Phi) is 3.70. The van der Waals surface area contributed by atoms with Crippen LogP contribution in [0.15, 0.2) is 42.5 Å². The Balaban J connectivity index is 2.39. The van der Waals surface area contributed by atoms with E-state index in [1.807, 2.05) is 0 Å². The molecular weight excluding hydrogens is 291 g/mol. The minimum absolute atomic E-state index is 0.0377. The van der Waals surface area contributed by atoms with Gasteiger partial charge in [0.15, 0.2) is 0 Å². The van der Waals surface area contributed by atoms with Crippen molar-refractivity contribution in [3.8, 4) is 17.2 Å². The van der Waals surface area contributed by atoms with Crippen LogP contribution < -0.4 is 4.74 Å². The second-order valence-electron chi connectivity index (χ2n) is 4.03. The molecule has 0 aliphatic carbocycles. The Labute approximate surface area is 116 Å². The SMILES string of the molecule is O=[N+]([O-])c1cc(C(F)(F)F)ccc1Oc1ccc(O)cc1. The van der Waals surface area contributed by atoms with Gasteiger partial charge in [-0.15, -0.1) is 0 Å². The van der Waals surface area contributed by atoms with Gasteiger partial charge in [0.25, 0.3) is 0 Å². The average Bonchev–Trinajstić information content (AvgIpc) is 2.40. The predicted octanol–water partition coefficient (Wildman–Crippen LogP) is 4.11. The topological polar surface area (TPSA) is 72.6 Å². The number of halogens is 3. The van der Waals surface area contributed by atoms with E-state index in [2.05, 4.69) is 0 Å². The van der Waals surface area contributed by atoms with Gasteiger partial charge < -0.3 is 9.84 Å². The molecule has 2 rings (SSSR count). The molecule has 0 radical (unpaired) electrons. The molecule has 0 aromatic heterocycles. The Morgan fingerprint density at radius 2 is 1.71 bits per heavy atom. The zero-order chi connectivity index (χ0) is 15.6. The molecule has 0 aliphatic rings. The Morgan fingerprint density at radius 1 is 1.10 bits per heavy atom. The number of hydrogen-bond acceptors (Lipinski definition) is 4. The van der Waals surface area contributed by atoms with Crippen LogP contribution in [-0.4, -0.2) is 10.0 Å². The lowest BCUT2D eigenvalue weighted by Crippen LogP contribution is -2.06. The molecule has 0 aliphatic heterocycles. The van der Waals surface area contributed by atoms with Crippen LogP contribution in [0.2, 0.25) is 0 Å². The highest BCUT2D eigenvalue weighted by Gasteiger charge is 2.33. The monoisotopic (exact) mass is 299 g/mol. The predicted molar refractivity (Wildman–Crippen MR) is 66.3 cm³/mol. The van der Waals surface area contributed by atoms with E-state index >= 15 is 0 Å². The van der Waals surface area contributed by atoms with E-state index in [1.54, 1.807) is 0 Å². The van der Waals surface area contributed by atoms with Crippen molar-refractivity contribution in [3.05, 3.63) is 58.1 Å². The second kappa shape index (κ2) is 5.31. The number of ether oxygens (including phenoxy) is 1. The highest BCUT2D eigenvalue weighted by atomic mass is 19.4. The van der Waals surface area contributed by atoms with E-state index in [0.29, 0.717) is 12.1 Å². The molecular formula is C13H8F3NO4. The lowest BCUT2D eigenvalue weighted by Gasteiger charge is -2.10. The minimum Gasteiger partial charge on any atom is -0.508 e. The summed E-state index contributed by atoms with van der Waals surface area (Å²) in [6.45, 7) is 0. The van der Waals surface area contributed by atoms with Crippen LogP contribution in [-0.2, 0) is 6.18 Å². The molecule has 110 valence electrons. The number of aromatic hydroxyl groups is 1. The standard InChI is InChI=1S/C13H8F3NO4/c14-13(15,16)8-1-6-12(11(7-8)17(19)20)21-10-4-2-9(18)3-5-10/h1-7,18H. The lowest BCUT2D eigenvalue weighted by molar-refractivity contribution is -0.385. The third-order valence-corrected chi connectivity index (χ3v) is 2.55. The number of nitro groups is 1. The fourth-order valence-electron chi connectivity index (χ4n) is 1.56. The van der Waals surface area contributed by atoms with E-state index in [1.165, 1.54) is 24.3 Å². The number of rotatable bonds is 3. The zero-order valence-corrected chi connectivity index (χ0v) is 10.3. The van der Waals surface area contributed by atoms with E-state index in [0.717, 1.165) is 6.07 Å². The molecule has 5 nitrogen and oxygen atoms in total. The summed E-state index contributed by atoms with van der Waals surface area (Å²) in [5, 5.41) is 20.0. The summed E-state index contributed by atoms with van der Waals surface area (Å²) in [6, 6.07) is 7.22. The van der Waals surface area contributed by atoms with Crippen molar-refractivity contribution in [3.63, 3.8) is 0 Å². The van der Waals surface area contributed by atoms with E-state index < -0.39 is 22.4 Å². The average molecular weight is 299 g/mol. The van der Waals surface area contributed by atoms with Gasteiger partial charge in [-0.05, 0) is 36.4 Å². The molecule has 0 heterocycles. The zero-order valence-electron chi connectivity index (χ0n) is 10.3. The Hall–Kier alpha value is -2.77. The molecule has 8 heteroatoms. The van der Waals surface area contributed by atoms with Gasteiger partial charge in [-0.3, -0.25) is 10.1 Å². The van der Waals surface area contributed by atoms with Crippen LogP contribution in [0.1, 0.15) is 5.56 Å². The molecule has 0 saturated carbocycles. The molecule has 0 bridgehead atoms. The summed E-state index contributed by atoms with van der Waals surface area (Å²) >= 11 is 0. The first-order valence-electron chi connectivity index (χ1n) is 5.60. The molecule has 0 amide bonds. The number of hydrogen-bond donors (Lipinski definition) is 1. The third kappa shape index (κ3) is 3.41. The first-order valence-corrected chi connectivity index (χ1v) is 5.60. The maximum atomic E-state index is 12.5. The first kappa shape index (κ1) is 14.6. The largest absolute Gasteiger partial charge is 0.508 e. The summed E-state index contributed by atoms with van der Waals surface area (Å²) < 4.78 is 42.8. The number of benzene rings is 2. The van der Waals surface area contributed by atoms with Gasteiger partial charge in [-0.1, -0.05) is 0 Å². The molecule has 0 spiro atoms. The van der Waals surface area contributed by atoms with Gasteiger partial charge in [0, 0.05) is 6.07 Å². The number of phenolic OH excluding ortho intramolecular Hbond substituents is 1. The van der Waals surface area contributed by atoms with E-state index in [4.69, 9.17) is 9.84 Å². The molecule has 0 saturated heterocycles. The minimum atomic E-state index is -4.68. The van der Waals surface area contributed by atoms with Crippen molar-refractivity contribution < 1.29 is 27.9 Å². The maximum Gasteiger partial charge on any atom is 0.416 e. The van der Waals surface area contributed by atoms with Gasteiger partial charge in [0.05, 0.1) is 10.5 Å². The fourth-order valence-corrected chi connectivity index (χ4v) is 1.56. The van der Waals surface area contributed by atoms with Gasteiger partial charge in [0.2, 0.25) is 5.75 Å². The third-order valence-electron chi connectivity index (χ3n) is 2.55. The fraction of sp³-hybridized carbons (Fsp3) is 0.0769. The van der Waals surface area contributed by atoms with Gasteiger partial charge in [0.1, 0.15) is 11.5 Å². The number of nitrogens with zero attached hydrogens (tertiary/aromatic N) is 1. The van der Waals surface area contributed by atoms with Crippen LogP contribution in [0.3, 0.4) is 0 Å². The number of nitro benzene ring substituents is 1. The van der Waals surface area contributed by atoms with Crippen LogP contribution >= 0.6 is 0 Å². The van der Waals surface area contributed by atoms with Crippen molar-refractivity contribution in [2.45, 2.75) is 6.18 Å². The van der Waals surface area contributed by atoms with Gasteiger partial charge in [-0.25, -0.2) is 0 Å².